The van der Waals surface area contributed by atoms with E-state index in [1.54, 1.807) is 6.92 Å². The highest BCUT2D eigenvalue weighted by Gasteiger charge is 2.26. The zero-order valence-electron chi connectivity index (χ0n) is 8.90. The summed E-state index contributed by atoms with van der Waals surface area (Å²) in [5, 5.41) is 0. The van der Waals surface area contributed by atoms with E-state index in [0.29, 0.717) is 11.6 Å². The van der Waals surface area contributed by atoms with E-state index in [2.05, 4.69) is 25.5 Å². The Morgan fingerprint density at radius 1 is 1.50 bits per heavy atom. The van der Waals surface area contributed by atoms with Crippen molar-refractivity contribution < 1.29 is 4.79 Å². The fourth-order valence-corrected chi connectivity index (χ4v) is 2.61. The van der Waals surface area contributed by atoms with Crippen LogP contribution < -0.4 is 0 Å². The number of nitrogens with zero attached hydrogens (tertiary/aromatic N) is 2. The van der Waals surface area contributed by atoms with Crippen LogP contribution in [0.1, 0.15) is 36.2 Å². The van der Waals surface area contributed by atoms with E-state index in [-0.39, 0.29) is 5.78 Å². The smallest absolute Gasteiger partial charge is 0.159 e. The van der Waals surface area contributed by atoms with Crippen LogP contribution >= 0.6 is 15.9 Å². The molecule has 3 rings (SSSR count). The maximum absolute atomic E-state index is 11.3. The second kappa shape index (κ2) is 3.42. The number of hydrogen-bond donors (Lipinski definition) is 0. The first-order valence-electron chi connectivity index (χ1n) is 5.34. The molecule has 0 N–H and O–H groups in total. The van der Waals surface area contributed by atoms with Gasteiger partial charge in [-0.3, -0.25) is 4.79 Å². The summed E-state index contributed by atoms with van der Waals surface area (Å²) in [6.45, 7) is 1.57. The number of carbonyl (C=O) groups excluding carboxylic acids is 1. The largest absolute Gasteiger partial charge is 0.327 e. The summed E-state index contributed by atoms with van der Waals surface area (Å²) < 4.78 is 3.16. The Bertz CT molecular complexity index is 584. The number of carbonyl (C=O) groups is 1. The van der Waals surface area contributed by atoms with Crippen molar-refractivity contribution in [1.82, 2.24) is 9.55 Å². The predicted molar refractivity (Wildman–Crippen MR) is 65.7 cm³/mol. The third-order valence-corrected chi connectivity index (χ3v) is 3.57. The zero-order chi connectivity index (χ0) is 11.3. The molecule has 1 aliphatic carbocycles. The average molecular weight is 279 g/mol. The molecule has 4 heteroatoms. The van der Waals surface area contributed by atoms with E-state index in [4.69, 9.17) is 0 Å². The number of Topliss-reactive ketones (excluding diaryl/α,β-unsaturated/α-hetero) is 1. The molecule has 3 nitrogen and oxygen atoms in total. The molecule has 0 unspecified atom stereocenters. The topological polar surface area (TPSA) is 34.9 Å². The van der Waals surface area contributed by atoms with Gasteiger partial charge in [-0.2, -0.15) is 0 Å². The summed E-state index contributed by atoms with van der Waals surface area (Å²) in [4.78, 5) is 15.7. The first-order valence-corrected chi connectivity index (χ1v) is 6.13. The van der Waals surface area contributed by atoms with Crippen molar-refractivity contribution in [1.29, 1.82) is 0 Å². The van der Waals surface area contributed by atoms with Crippen LogP contribution in [0.3, 0.4) is 0 Å². The van der Waals surface area contributed by atoms with Crippen LogP contribution in [-0.2, 0) is 0 Å². The van der Waals surface area contributed by atoms with Gasteiger partial charge in [-0.25, -0.2) is 4.98 Å². The standard InChI is InChI=1S/C12H11BrN2O/c1-7(16)8-4-10(13)12-11(5-8)14-6-15(12)9-2-3-9/h4-6,9H,2-3H2,1H3. The molecule has 0 saturated heterocycles. The Kier molecular flexibility index (Phi) is 2.14. The summed E-state index contributed by atoms with van der Waals surface area (Å²) in [7, 11) is 0. The number of benzene rings is 1. The zero-order valence-corrected chi connectivity index (χ0v) is 10.5. The summed E-state index contributed by atoms with van der Waals surface area (Å²) in [6.07, 6.45) is 4.33. The van der Waals surface area contributed by atoms with Crippen LogP contribution in [0, 0.1) is 0 Å². The molecule has 0 amide bonds. The molecule has 82 valence electrons. The van der Waals surface area contributed by atoms with Gasteiger partial charge in [0, 0.05) is 16.1 Å². The van der Waals surface area contributed by atoms with Gasteiger partial charge in [0.25, 0.3) is 0 Å². The molecular formula is C12H11BrN2O. The quantitative estimate of drug-likeness (QED) is 0.790. The van der Waals surface area contributed by atoms with Crippen LogP contribution in [0.5, 0.6) is 0 Å². The molecule has 0 radical (unpaired) electrons. The van der Waals surface area contributed by atoms with Gasteiger partial charge < -0.3 is 4.57 Å². The van der Waals surface area contributed by atoms with Crippen molar-refractivity contribution in [2.24, 2.45) is 0 Å². The Morgan fingerprint density at radius 3 is 2.88 bits per heavy atom. The second-order valence-electron chi connectivity index (χ2n) is 4.27. The lowest BCUT2D eigenvalue weighted by Gasteiger charge is -2.04. The number of ketones is 1. The Labute approximate surface area is 102 Å². The Hall–Kier alpha value is -1.16. The van der Waals surface area contributed by atoms with Crippen LogP contribution in [0.15, 0.2) is 22.9 Å². The van der Waals surface area contributed by atoms with E-state index in [1.807, 2.05) is 18.5 Å². The predicted octanol–water partition coefficient (Wildman–Crippen LogP) is 3.34. The SMILES string of the molecule is CC(=O)c1cc(Br)c2c(c1)ncn2C1CC1. The van der Waals surface area contributed by atoms with Crippen molar-refractivity contribution in [2.45, 2.75) is 25.8 Å². The van der Waals surface area contributed by atoms with Crippen molar-refractivity contribution >= 4 is 32.7 Å². The normalized spacial score (nSPS) is 15.6. The van der Waals surface area contributed by atoms with Gasteiger partial charge >= 0.3 is 0 Å². The Morgan fingerprint density at radius 2 is 2.25 bits per heavy atom. The van der Waals surface area contributed by atoms with Gasteiger partial charge in [0.15, 0.2) is 5.78 Å². The lowest BCUT2D eigenvalue weighted by Crippen LogP contribution is -1.95. The number of hydrogen-bond acceptors (Lipinski definition) is 2. The van der Waals surface area contributed by atoms with Crippen molar-refractivity contribution in [3.63, 3.8) is 0 Å². The monoisotopic (exact) mass is 278 g/mol. The third-order valence-electron chi connectivity index (χ3n) is 2.97. The van der Waals surface area contributed by atoms with Gasteiger partial charge in [-0.1, -0.05) is 0 Å². The van der Waals surface area contributed by atoms with Crippen molar-refractivity contribution in [3.8, 4) is 0 Å². The number of rotatable bonds is 2. The fraction of sp³-hybridized carbons (Fsp3) is 0.333. The molecule has 1 aromatic heterocycles. The number of fused-ring (bicyclic) bond motifs is 1. The van der Waals surface area contributed by atoms with Gasteiger partial charge in [0.1, 0.15) is 0 Å². The molecule has 0 atom stereocenters. The minimum absolute atomic E-state index is 0.0728. The van der Waals surface area contributed by atoms with Crippen LogP contribution in [0.2, 0.25) is 0 Å². The molecule has 2 aromatic rings. The second-order valence-corrected chi connectivity index (χ2v) is 5.12. The first kappa shape index (κ1) is 10.0. The van der Waals surface area contributed by atoms with E-state index in [9.17, 15) is 4.79 Å². The summed E-state index contributed by atoms with van der Waals surface area (Å²) >= 11 is 3.53. The highest BCUT2D eigenvalue weighted by atomic mass is 79.9. The molecule has 0 aliphatic heterocycles. The molecule has 1 aromatic carbocycles. The van der Waals surface area contributed by atoms with E-state index >= 15 is 0 Å². The molecule has 1 heterocycles. The Balaban J connectivity index is 2.25. The average Bonchev–Trinajstić information content (AvgIpc) is 2.98. The first-order chi connectivity index (χ1) is 7.66. The van der Waals surface area contributed by atoms with Crippen LogP contribution in [0.4, 0.5) is 0 Å². The molecule has 1 fully saturated rings. The lowest BCUT2D eigenvalue weighted by atomic mass is 10.1. The maximum atomic E-state index is 11.3. The highest BCUT2D eigenvalue weighted by molar-refractivity contribution is 9.10. The van der Waals surface area contributed by atoms with Crippen molar-refractivity contribution in [2.75, 3.05) is 0 Å². The fourth-order valence-electron chi connectivity index (χ4n) is 1.95. The minimum atomic E-state index is 0.0728. The third kappa shape index (κ3) is 1.48. The van der Waals surface area contributed by atoms with Gasteiger partial charge in [-0.05, 0) is 47.8 Å². The van der Waals surface area contributed by atoms with E-state index < -0.39 is 0 Å². The maximum Gasteiger partial charge on any atom is 0.159 e. The van der Waals surface area contributed by atoms with Crippen molar-refractivity contribution in [3.05, 3.63) is 28.5 Å². The minimum Gasteiger partial charge on any atom is -0.327 e. The summed E-state index contributed by atoms with van der Waals surface area (Å²) in [5.41, 5.74) is 2.71. The summed E-state index contributed by atoms with van der Waals surface area (Å²) in [5.74, 6) is 0.0728. The lowest BCUT2D eigenvalue weighted by molar-refractivity contribution is 0.101. The van der Waals surface area contributed by atoms with Gasteiger partial charge in [0.2, 0.25) is 0 Å². The highest BCUT2D eigenvalue weighted by Crippen LogP contribution is 2.39. The molecule has 0 spiro atoms. The molecule has 1 saturated carbocycles. The number of aromatic nitrogens is 2. The molecule has 1 aliphatic rings. The molecule has 16 heavy (non-hydrogen) atoms. The molecular weight excluding hydrogens is 268 g/mol. The van der Waals surface area contributed by atoms with Crippen LogP contribution in [-0.4, -0.2) is 15.3 Å². The van der Waals surface area contributed by atoms with Gasteiger partial charge in [-0.15, -0.1) is 0 Å². The summed E-state index contributed by atoms with van der Waals surface area (Å²) in [6, 6.07) is 4.34. The van der Waals surface area contributed by atoms with Crippen LogP contribution in [0.25, 0.3) is 11.0 Å². The van der Waals surface area contributed by atoms with E-state index in [1.165, 1.54) is 12.8 Å². The van der Waals surface area contributed by atoms with Gasteiger partial charge in [0.05, 0.1) is 17.4 Å². The van der Waals surface area contributed by atoms with E-state index in [0.717, 1.165) is 15.5 Å². The number of halogens is 1. The number of imidazole rings is 1. The molecule has 0 bridgehead atoms.